The van der Waals surface area contributed by atoms with Crippen molar-refractivity contribution >= 4 is 32.3 Å². The Hall–Kier alpha value is -1.93. The Labute approximate surface area is 131 Å². The van der Waals surface area contributed by atoms with Gasteiger partial charge in [0.1, 0.15) is 20.6 Å². The van der Waals surface area contributed by atoms with Crippen molar-refractivity contribution in [3.05, 3.63) is 46.6 Å². The van der Waals surface area contributed by atoms with Gasteiger partial charge in [0.2, 0.25) is 0 Å². The van der Waals surface area contributed by atoms with Crippen molar-refractivity contribution in [3.8, 4) is 0 Å². The third kappa shape index (κ3) is 3.45. The summed E-state index contributed by atoms with van der Waals surface area (Å²) in [6.07, 6.45) is 0. The molecule has 0 fully saturated rings. The van der Waals surface area contributed by atoms with Crippen LogP contribution in [0.25, 0.3) is 0 Å². The predicted molar refractivity (Wildman–Crippen MR) is 82.2 cm³/mol. The molecule has 2 rings (SSSR count). The Kier molecular flexibility index (Phi) is 4.82. The predicted octanol–water partition coefficient (Wildman–Crippen LogP) is 3.17. The van der Waals surface area contributed by atoms with Gasteiger partial charge in [-0.15, -0.1) is 11.3 Å². The summed E-state index contributed by atoms with van der Waals surface area (Å²) in [5.74, 6) is -1.35. The molecule has 0 unspecified atom stereocenters. The number of halogens is 1. The number of sulfonamides is 1. The van der Waals surface area contributed by atoms with Gasteiger partial charge in [0.05, 0.1) is 6.61 Å². The number of esters is 1. The summed E-state index contributed by atoms with van der Waals surface area (Å²) in [4.78, 5) is 11.6. The van der Waals surface area contributed by atoms with E-state index in [2.05, 4.69) is 4.72 Å². The van der Waals surface area contributed by atoms with Crippen molar-refractivity contribution in [3.63, 3.8) is 0 Å². The lowest BCUT2D eigenvalue weighted by Gasteiger charge is -2.06. The first-order valence-corrected chi connectivity index (χ1v) is 8.70. The van der Waals surface area contributed by atoms with Crippen LogP contribution in [0.4, 0.5) is 9.39 Å². The molecule has 0 saturated carbocycles. The van der Waals surface area contributed by atoms with Crippen LogP contribution in [0.3, 0.4) is 0 Å². The highest BCUT2D eigenvalue weighted by Gasteiger charge is 2.21. The molecule has 22 heavy (non-hydrogen) atoms. The quantitative estimate of drug-likeness (QED) is 0.847. The number of benzene rings is 1. The number of nitrogens with one attached hydrogen (secondary N) is 1. The molecule has 5 nitrogen and oxygen atoms in total. The minimum absolute atomic E-state index is 0.226. The van der Waals surface area contributed by atoms with Crippen LogP contribution >= 0.6 is 11.3 Å². The number of anilines is 1. The largest absolute Gasteiger partial charge is 0.462 e. The molecule has 0 spiro atoms. The molecule has 0 bridgehead atoms. The first kappa shape index (κ1) is 16.4. The topological polar surface area (TPSA) is 72.5 Å². The van der Waals surface area contributed by atoms with E-state index >= 15 is 0 Å². The van der Waals surface area contributed by atoms with E-state index < -0.39 is 26.7 Å². The lowest BCUT2D eigenvalue weighted by molar-refractivity contribution is 0.0531. The molecule has 1 N–H and O–H groups in total. The Morgan fingerprint density at radius 3 is 2.68 bits per heavy atom. The smallest absolute Gasteiger partial charge is 0.348 e. The van der Waals surface area contributed by atoms with E-state index in [9.17, 15) is 17.6 Å². The first-order chi connectivity index (χ1) is 10.3. The van der Waals surface area contributed by atoms with Crippen LogP contribution in [0.1, 0.15) is 22.2 Å². The second-order valence-corrected chi connectivity index (χ2v) is 7.08. The van der Waals surface area contributed by atoms with Crippen molar-refractivity contribution in [1.29, 1.82) is 0 Å². The van der Waals surface area contributed by atoms with Gasteiger partial charge in [-0.05, 0) is 37.6 Å². The highest BCUT2D eigenvalue weighted by atomic mass is 32.2. The molecule has 0 aliphatic rings. The molecule has 1 heterocycles. The minimum Gasteiger partial charge on any atom is -0.462 e. The maximum atomic E-state index is 13.6. The van der Waals surface area contributed by atoms with E-state index in [0.717, 1.165) is 17.4 Å². The Bertz CT molecular complexity index is 799. The molecule has 0 atom stereocenters. The monoisotopic (exact) mass is 343 g/mol. The van der Waals surface area contributed by atoms with Crippen molar-refractivity contribution in [2.75, 3.05) is 11.3 Å². The van der Waals surface area contributed by atoms with Gasteiger partial charge >= 0.3 is 5.97 Å². The first-order valence-electron chi connectivity index (χ1n) is 6.40. The molecule has 0 aliphatic carbocycles. The molecule has 1 aromatic heterocycles. The second-order valence-electron chi connectivity index (χ2n) is 4.38. The van der Waals surface area contributed by atoms with Gasteiger partial charge < -0.3 is 4.74 Å². The van der Waals surface area contributed by atoms with Crippen LogP contribution in [0, 0.1) is 12.7 Å². The maximum absolute atomic E-state index is 13.6. The lowest BCUT2D eigenvalue weighted by Crippen LogP contribution is -2.13. The lowest BCUT2D eigenvalue weighted by atomic mass is 10.3. The number of hydrogen-bond donors (Lipinski definition) is 1. The van der Waals surface area contributed by atoms with Crippen LogP contribution in [-0.2, 0) is 14.8 Å². The molecule has 0 aliphatic heterocycles. The summed E-state index contributed by atoms with van der Waals surface area (Å²) in [5, 5.41) is 0.226. The zero-order chi connectivity index (χ0) is 16.3. The van der Waals surface area contributed by atoms with Gasteiger partial charge in [-0.1, -0.05) is 12.1 Å². The number of carbonyl (C=O) groups excluding carboxylic acids is 1. The summed E-state index contributed by atoms with van der Waals surface area (Å²) in [5.41, 5.74) is 0.592. The number of carbonyl (C=O) groups is 1. The van der Waals surface area contributed by atoms with Gasteiger partial charge in [-0.2, -0.15) is 0 Å². The SMILES string of the molecule is CCOC(=O)c1sc(NS(=O)(=O)c2ccccc2F)cc1C. The van der Waals surface area contributed by atoms with Gasteiger partial charge in [-0.25, -0.2) is 17.6 Å². The average Bonchev–Trinajstić information content (AvgIpc) is 2.79. The third-order valence-electron chi connectivity index (χ3n) is 2.74. The molecule has 2 aromatic rings. The average molecular weight is 343 g/mol. The van der Waals surface area contributed by atoms with Crippen molar-refractivity contribution in [1.82, 2.24) is 0 Å². The van der Waals surface area contributed by atoms with E-state index in [1.165, 1.54) is 24.3 Å². The highest BCUT2D eigenvalue weighted by Crippen LogP contribution is 2.29. The number of thiophene rings is 1. The van der Waals surface area contributed by atoms with E-state index in [0.29, 0.717) is 10.4 Å². The number of hydrogen-bond acceptors (Lipinski definition) is 5. The molecule has 8 heteroatoms. The Balaban J connectivity index is 2.30. The molecule has 118 valence electrons. The van der Waals surface area contributed by atoms with E-state index in [-0.39, 0.29) is 11.6 Å². The fourth-order valence-corrected chi connectivity index (χ4v) is 4.11. The van der Waals surface area contributed by atoms with E-state index in [1.807, 2.05) is 0 Å². The van der Waals surface area contributed by atoms with Gasteiger partial charge in [0.25, 0.3) is 10.0 Å². The zero-order valence-electron chi connectivity index (χ0n) is 11.9. The van der Waals surface area contributed by atoms with Crippen LogP contribution in [0.15, 0.2) is 35.2 Å². The second kappa shape index (κ2) is 6.45. The van der Waals surface area contributed by atoms with Crippen LogP contribution in [0.2, 0.25) is 0 Å². The van der Waals surface area contributed by atoms with E-state index in [4.69, 9.17) is 4.74 Å². The van der Waals surface area contributed by atoms with Crippen LogP contribution in [0.5, 0.6) is 0 Å². The van der Waals surface area contributed by atoms with Gasteiger partial charge in [-0.3, -0.25) is 4.72 Å². The Morgan fingerprint density at radius 1 is 1.36 bits per heavy atom. The molecule has 0 saturated heterocycles. The van der Waals surface area contributed by atoms with Crippen molar-refractivity contribution < 1.29 is 22.3 Å². The summed E-state index contributed by atoms with van der Waals surface area (Å²) in [6.45, 7) is 3.58. The van der Waals surface area contributed by atoms with Crippen LogP contribution < -0.4 is 4.72 Å². The summed E-state index contributed by atoms with van der Waals surface area (Å²) in [7, 11) is -4.05. The summed E-state index contributed by atoms with van der Waals surface area (Å²) < 4.78 is 45.1. The fraction of sp³-hybridized carbons (Fsp3) is 0.214. The summed E-state index contributed by atoms with van der Waals surface area (Å²) >= 11 is 0.948. The fourth-order valence-electron chi connectivity index (χ4n) is 1.78. The highest BCUT2D eigenvalue weighted by molar-refractivity contribution is 7.93. The van der Waals surface area contributed by atoms with Crippen molar-refractivity contribution in [2.45, 2.75) is 18.7 Å². The van der Waals surface area contributed by atoms with Gasteiger partial charge in [0.15, 0.2) is 0 Å². The normalized spacial score (nSPS) is 11.2. The number of aryl methyl sites for hydroxylation is 1. The minimum atomic E-state index is -4.05. The standard InChI is InChI=1S/C14H14FNO4S2/c1-3-20-14(17)13-9(2)8-12(21-13)16-22(18,19)11-7-5-4-6-10(11)15/h4-8,16H,3H2,1-2H3. The molecular formula is C14H14FNO4S2. The molecule has 1 aromatic carbocycles. The third-order valence-corrected chi connectivity index (χ3v) is 5.40. The maximum Gasteiger partial charge on any atom is 0.348 e. The van der Waals surface area contributed by atoms with E-state index in [1.54, 1.807) is 13.8 Å². The molecular weight excluding hydrogens is 329 g/mol. The molecule has 0 amide bonds. The van der Waals surface area contributed by atoms with Crippen LogP contribution in [-0.4, -0.2) is 21.0 Å². The van der Waals surface area contributed by atoms with Crippen molar-refractivity contribution in [2.24, 2.45) is 0 Å². The molecule has 0 radical (unpaired) electrons. The Morgan fingerprint density at radius 2 is 2.05 bits per heavy atom. The number of rotatable bonds is 5. The summed E-state index contributed by atoms with van der Waals surface area (Å²) in [6, 6.07) is 6.59. The van der Waals surface area contributed by atoms with Gasteiger partial charge in [0, 0.05) is 0 Å². The zero-order valence-corrected chi connectivity index (χ0v) is 13.6. The number of ether oxygens (including phenoxy) is 1.